The van der Waals surface area contributed by atoms with Crippen LogP contribution in [0.25, 0.3) is 0 Å². The van der Waals surface area contributed by atoms with E-state index in [9.17, 15) is 26.0 Å². The highest BCUT2D eigenvalue weighted by molar-refractivity contribution is 7.87. The largest absolute Gasteiger partial charge is 0.534 e. The van der Waals surface area contributed by atoms with Crippen molar-refractivity contribution < 1.29 is 30.2 Å². The molecule has 1 unspecified atom stereocenters. The first kappa shape index (κ1) is 16.7. The van der Waals surface area contributed by atoms with Gasteiger partial charge in [-0.1, -0.05) is 6.07 Å². The average molecular weight is 339 g/mol. The van der Waals surface area contributed by atoms with Gasteiger partial charge in [-0.25, -0.2) is 4.39 Å². The Morgan fingerprint density at radius 3 is 2.55 bits per heavy atom. The molecule has 4 nitrogen and oxygen atoms in total. The average Bonchev–Trinajstić information content (AvgIpc) is 2.40. The van der Waals surface area contributed by atoms with Gasteiger partial charge in [0.1, 0.15) is 5.76 Å². The minimum absolute atomic E-state index is 0.198. The maximum absolute atomic E-state index is 14.9. The molecule has 2 rings (SSSR count). The summed E-state index contributed by atoms with van der Waals surface area (Å²) in [5.41, 5.74) is -6.54. The lowest BCUT2D eigenvalue weighted by Gasteiger charge is -2.29. The van der Waals surface area contributed by atoms with Crippen LogP contribution in [0.15, 0.2) is 30.2 Å². The molecule has 1 aliphatic rings. The van der Waals surface area contributed by atoms with Gasteiger partial charge in [0.15, 0.2) is 5.67 Å². The third-order valence-electron chi connectivity index (χ3n) is 3.36. The molecular weight excluding hydrogens is 326 g/mol. The molecule has 22 heavy (non-hydrogen) atoms. The van der Waals surface area contributed by atoms with Crippen LogP contribution in [0.2, 0.25) is 0 Å². The van der Waals surface area contributed by atoms with Gasteiger partial charge in [0.2, 0.25) is 0 Å². The Morgan fingerprint density at radius 1 is 1.36 bits per heavy atom. The van der Waals surface area contributed by atoms with Crippen LogP contribution in [0.1, 0.15) is 30.5 Å². The molecule has 1 heterocycles. The van der Waals surface area contributed by atoms with Gasteiger partial charge in [-0.3, -0.25) is 4.98 Å². The molecule has 0 fully saturated rings. The fourth-order valence-electron chi connectivity index (χ4n) is 2.23. The van der Waals surface area contributed by atoms with E-state index in [-0.39, 0.29) is 25.0 Å². The molecule has 122 valence electrons. The van der Waals surface area contributed by atoms with Crippen molar-refractivity contribution in [3.05, 3.63) is 41.4 Å². The molecule has 0 saturated heterocycles. The van der Waals surface area contributed by atoms with Crippen LogP contribution >= 0.6 is 0 Å². The zero-order valence-corrected chi connectivity index (χ0v) is 12.3. The number of aromatic nitrogens is 1. The van der Waals surface area contributed by atoms with Crippen LogP contribution in [0.3, 0.4) is 0 Å². The molecule has 0 aromatic carbocycles. The van der Waals surface area contributed by atoms with E-state index in [0.717, 1.165) is 6.08 Å². The van der Waals surface area contributed by atoms with Gasteiger partial charge in [-0.05, 0) is 31.1 Å². The summed E-state index contributed by atoms with van der Waals surface area (Å²) in [4.78, 5) is 3.97. The zero-order valence-electron chi connectivity index (χ0n) is 11.5. The van der Waals surface area contributed by atoms with E-state index in [4.69, 9.17) is 0 Å². The maximum Gasteiger partial charge on any atom is 0.534 e. The predicted octanol–water partition coefficient (Wildman–Crippen LogP) is 3.49. The lowest BCUT2D eigenvalue weighted by molar-refractivity contribution is -0.0526. The first-order valence-electron chi connectivity index (χ1n) is 6.36. The summed E-state index contributed by atoms with van der Waals surface area (Å²) in [7, 11) is -5.71. The van der Waals surface area contributed by atoms with Crippen molar-refractivity contribution >= 4 is 10.1 Å². The molecule has 0 bridgehead atoms. The first-order chi connectivity index (χ1) is 10.1. The van der Waals surface area contributed by atoms with E-state index in [2.05, 4.69) is 9.17 Å². The number of hydrogen-bond donors (Lipinski definition) is 0. The maximum atomic E-state index is 14.9. The number of alkyl halides is 4. The SMILES string of the molecule is Cc1cccnc1C1(F)CC=C(OS(=O)(=O)C(F)(F)F)CC1. The minimum atomic E-state index is -5.71. The summed E-state index contributed by atoms with van der Waals surface area (Å²) in [5.74, 6) is -0.404. The van der Waals surface area contributed by atoms with E-state index >= 15 is 0 Å². The van der Waals surface area contributed by atoms with E-state index in [1.54, 1.807) is 19.1 Å². The van der Waals surface area contributed by atoms with Crippen molar-refractivity contribution in [1.29, 1.82) is 0 Å². The molecule has 1 aliphatic carbocycles. The van der Waals surface area contributed by atoms with Gasteiger partial charge in [-0.15, -0.1) is 0 Å². The number of allylic oxidation sites excluding steroid dienone is 2. The quantitative estimate of drug-likeness (QED) is 0.481. The summed E-state index contributed by atoms with van der Waals surface area (Å²) in [5, 5.41) is 0. The Kier molecular flexibility index (Phi) is 4.20. The standard InChI is InChI=1S/C13H13F4NO3S/c1-9-3-2-8-18-11(9)12(14)6-4-10(5-7-12)21-22(19,20)13(15,16)17/h2-4,8H,5-7H2,1H3. The Bertz CT molecular complexity index is 699. The van der Waals surface area contributed by atoms with Crippen LogP contribution in [0.4, 0.5) is 17.6 Å². The van der Waals surface area contributed by atoms with Gasteiger partial charge in [0, 0.05) is 19.0 Å². The molecule has 1 atom stereocenters. The highest BCUT2D eigenvalue weighted by Crippen LogP contribution is 2.41. The second-order valence-corrected chi connectivity index (χ2v) is 6.53. The van der Waals surface area contributed by atoms with Gasteiger partial charge >= 0.3 is 15.6 Å². The van der Waals surface area contributed by atoms with Crippen molar-refractivity contribution in [3.8, 4) is 0 Å². The highest BCUT2D eigenvalue weighted by atomic mass is 32.2. The Labute approximate surface area is 124 Å². The molecular formula is C13H13F4NO3S. The summed E-state index contributed by atoms with van der Waals surface area (Å²) in [6.07, 6.45) is 1.69. The number of pyridine rings is 1. The van der Waals surface area contributed by atoms with Crippen LogP contribution < -0.4 is 0 Å². The monoisotopic (exact) mass is 339 g/mol. The molecule has 1 aromatic heterocycles. The molecule has 0 saturated carbocycles. The summed E-state index contributed by atoms with van der Waals surface area (Å²) in [6, 6.07) is 3.32. The fourth-order valence-corrected chi connectivity index (χ4v) is 2.76. The molecule has 0 aliphatic heterocycles. The lowest BCUT2D eigenvalue weighted by Crippen LogP contribution is -2.29. The molecule has 0 N–H and O–H groups in total. The first-order valence-corrected chi connectivity index (χ1v) is 7.77. The fraction of sp³-hybridized carbons (Fsp3) is 0.462. The number of aryl methyl sites for hydroxylation is 1. The lowest BCUT2D eigenvalue weighted by atomic mass is 9.85. The molecule has 9 heteroatoms. The van der Waals surface area contributed by atoms with Crippen LogP contribution in [-0.4, -0.2) is 18.9 Å². The predicted molar refractivity (Wildman–Crippen MR) is 69.8 cm³/mol. The van der Waals surface area contributed by atoms with Gasteiger partial charge in [0.25, 0.3) is 0 Å². The van der Waals surface area contributed by atoms with Crippen molar-refractivity contribution in [3.63, 3.8) is 0 Å². The third-order valence-corrected chi connectivity index (χ3v) is 4.36. The Balaban J connectivity index is 2.18. The van der Waals surface area contributed by atoms with E-state index in [1.807, 2.05) is 0 Å². The summed E-state index contributed by atoms with van der Waals surface area (Å²) in [6.45, 7) is 1.67. The van der Waals surface area contributed by atoms with Gasteiger partial charge in [-0.2, -0.15) is 21.6 Å². The number of nitrogens with zero attached hydrogens (tertiary/aromatic N) is 1. The Hall–Kier alpha value is -1.64. The van der Waals surface area contributed by atoms with Gasteiger partial charge < -0.3 is 4.18 Å². The van der Waals surface area contributed by atoms with E-state index < -0.39 is 27.1 Å². The van der Waals surface area contributed by atoms with Gasteiger partial charge in [0.05, 0.1) is 5.69 Å². The third kappa shape index (κ3) is 3.23. The molecule has 1 aromatic rings. The Morgan fingerprint density at radius 2 is 2.05 bits per heavy atom. The second kappa shape index (κ2) is 5.53. The van der Waals surface area contributed by atoms with Crippen LogP contribution in [0, 0.1) is 6.92 Å². The molecule has 0 amide bonds. The zero-order chi connectivity index (χ0) is 16.6. The topological polar surface area (TPSA) is 56.3 Å². The van der Waals surface area contributed by atoms with Crippen molar-refractivity contribution in [2.75, 3.05) is 0 Å². The highest BCUT2D eigenvalue weighted by Gasteiger charge is 2.49. The van der Waals surface area contributed by atoms with Crippen molar-refractivity contribution in [1.82, 2.24) is 4.98 Å². The summed E-state index contributed by atoms with van der Waals surface area (Å²) >= 11 is 0. The van der Waals surface area contributed by atoms with Crippen molar-refractivity contribution in [2.45, 2.75) is 37.4 Å². The number of hydrogen-bond acceptors (Lipinski definition) is 4. The molecule has 0 radical (unpaired) electrons. The van der Waals surface area contributed by atoms with Crippen LogP contribution in [-0.2, 0) is 20.0 Å². The van der Waals surface area contributed by atoms with Crippen molar-refractivity contribution in [2.24, 2.45) is 0 Å². The number of rotatable bonds is 3. The summed E-state index contributed by atoms with van der Waals surface area (Å²) < 4.78 is 77.4. The smallest absolute Gasteiger partial charge is 0.381 e. The van der Waals surface area contributed by atoms with E-state index in [1.165, 1.54) is 6.20 Å². The number of halogens is 4. The molecule has 0 spiro atoms. The van der Waals surface area contributed by atoms with E-state index in [0.29, 0.717) is 5.56 Å². The van der Waals surface area contributed by atoms with Crippen LogP contribution in [0.5, 0.6) is 0 Å². The normalized spacial score (nSPS) is 23.0. The second-order valence-electron chi connectivity index (χ2n) is 4.99. The minimum Gasteiger partial charge on any atom is -0.381 e.